The van der Waals surface area contributed by atoms with Crippen LogP contribution in [0.3, 0.4) is 0 Å². The molecule has 0 saturated carbocycles. The maximum atomic E-state index is 11.7. The number of benzene rings is 2. The summed E-state index contributed by atoms with van der Waals surface area (Å²) >= 11 is 0. The zero-order valence-electron chi connectivity index (χ0n) is 14.5. The highest BCUT2D eigenvalue weighted by molar-refractivity contribution is 5.89. The van der Waals surface area contributed by atoms with Crippen LogP contribution in [0, 0.1) is 0 Å². The molecular formula is C23H22O2. The predicted molar refractivity (Wildman–Crippen MR) is 103 cm³/mol. The number of esters is 1. The summed E-state index contributed by atoms with van der Waals surface area (Å²) in [5.74, 6) is -0.279. The fraction of sp³-hybridized carbons (Fsp3) is 0.174. The smallest absolute Gasteiger partial charge is 0.338 e. The van der Waals surface area contributed by atoms with Gasteiger partial charge in [0.2, 0.25) is 0 Å². The molecule has 25 heavy (non-hydrogen) atoms. The molecule has 126 valence electrons. The fourth-order valence-corrected chi connectivity index (χ4v) is 2.90. The number of ether oxygens (including phenoxy) is 1. The van der Waals surface area contributed by atoms with Gasteiger partial charge in [0, 0.05) is 0 Å². The standard InChI is InChI=1S/C23H22O2/c1-3-25-23(24)22-10-8-18(9-11-22)16-17(2)19-12-14-21(15-13-19)20-6-4-5-7-20/h4-6,8-15H,2-3,7,16H2,1H3. The average Bonchev–Trinajstić information content (AvgIpc) is 3.17. The average molecular weight is 330 g/mol. The van der Waals surface area contributed by atoms with Gasteiger partial charge in [-0.05, 0) is 59.7 Å². The molecule has 2 nitrogen and oxygen atoms in total. The number of allylic oxidation sites excluding steroid dienone is 5. The highest BCUT2D eigenvalue weighted by atomic mass is 16.5. The Hall–Kier alpha value is -2.87. The third-order valence-electron chi connectivity index (χ3n) is 4.32. The maximum Gasteiger partial charge on any atom is 0.338 e. The van der Waals surface area contributed by atoms with Crippen molar-refractivity contribution in [1.82, 2.24) is 0 Å². The molecule has 1 aliphatic rings. The summed E-state index contributed by atoms with van der Waals surface area (Å²) in [6.45, 7) is 6.41. The van der Waals surface area contributed by atoms with E-state index in [0.717, 1.165) is 29.5 Å². The number of hydrogen-bond acceptors (Lipinski definition) is 2. The van der Waals surface area contributed by atoms with Gasteiger partial charge in [0.25, 0.3) is 0 Å². The van der Waals surface area contributed by atoms with Crippen LogP contribution in [0.5, 0.6) is 0 Å². The van der Waals surface area contributed by atoms with E-state index >= 15 is 0 Å². The molecule has 0 saturated heterocycles. The normalized spacial score (nSPS) is 12.8. The quantitative estimate of drug-likeness (QED) is 0.657. The van der Waals surface area contributed by atoms with Crippen LogP contribution in [-0.2, 0) is 11.2 Å². The molecule has 0 amide bonds. The molecule has 0 spiro atoms. The van der Waals surface area contributed by atoms with Gasteiger partial charge in [0.1, 0.15) is 0 Å². The van der Waals surface area contributed by atoms with E-state index in [0.29, 0.717) is 12.2 Å². The van der Waals surface area contributed by atoms with Crippen molar-refractivity contribution in [1.29, 1.82) is 0 Å². The molecule has 3 rings (SSSR count). The summed E-state index contributed by atoms with van der Waals surface area (Å²) in [5, 5.41) is 0. The summed E-state index contributed by atoms with van der Waals surface area (Å²) in [6, 6.07) is 16.1. The minimum Gasteiger partial charge on any atom is -0.462 e. The number of rotatable bonds is 6. The van der Waals surface area contributed by atoms with Gasteiger partial charge < -0.3 is 4.74 Å². The Kier molecular flexibility index (Phi) is 5.30. The lowest BCUT2D eigenvalue weighted by Crippen LogP contribution is -2.04. The van der Waals surface area contributed by atoms with Crippen LogP contribution in [0.4, 0.5) is 0 Å². The second-order valence-corrected chi connectivity index (χ2v) is 6.10. The molecule has 0 aliphatic heterocycles. The zero-order chi connectivity index (χ0) is 17.6. The topological polar surface area (TPSA) is 26.3 Å². The lowest BCUT2D eigenvalue weighted by Gasteiger charge is -2.09. The molecule has 0 aromatic heterocycles. The summed E-state index contributed by atoms with van der Waals surface area (Å²) in [5.41, 5.74) is 6.54. The number of carbonyl (C=O) groups is 1. The summed E-state index contributed by atoms with van der Waals surface area (Å²) in [7, 11) is 0. The maximum absolute atomic E-state index is 11.7. The van der Waals surface area contributed by atoms with Gasteiger partial charge in [0.05, 0.1) is 12.2 Å². The Balaban J connectivity index is 1.64. The minimum absolute atomic E-state index is 0.279. The van der Waals surface area contributed by atoms with E-state index in [1.807, 2.05) is 24.3 Å². The van der Waals surface area contributed by atoms with Gasteiger partial charge in [-0.15, -0.1) is 0 Å². The van der Waals surface area contributed by atoms with Crippen molar-refractivity contribution in [3.05, 3.63) is 95.6 Å². The van der Waals surface area contributed by atoms with E-state index in [-0.39, 0.29) is 5.97 Å². The summed E-state index contributed by atoms with van der Waals surface area (Å²) in [6.07, 6.45) is 8.19. The lowest BCUT2D eigenvalue weighted by atomic mass is 9.96. The van der Waals surface area contributed by atoms with Gasteiger partial charge in [-0.2, -0.15) is 0 Å². The third-order valence-corrected chi connectivity index (χ3v) is 4.32. The Morgan fingerprint density at radius 1 is 1.04 bits per heavy atom. The first kappa shape index (κ1) is 17.0. The van der Waals surface area contributed by atoms with Crippen LogP contribution < -0.4 is 0 Å². The second-order valence-electron chi connectivity index (χ2n) is 6.10. The molecule has 0 atom stereocenters. The Morgan fingerprint density at radius 2 is 1.72 bits per heavy atom. The highest BCUT2D eigenvalue weighted by Crippen LogP contribution is 2.25. The van der Waals surface area contributed by atoms with Crippen molar-refractivity contribution in [2.24, 2.45) is 0 Å². The third kappa shape index (κ3) is 4.16. The second kappa shape index (κ2) is 7.80. The molecular weight excluding hydrogens is 308 g/mol. The molecule has 1 aliphatic carbocycles. The van der Waals surface area contributed by atoms with Gasteiger partial charge >= 0.3 is 5.97 Å². The molecule has 2 heteroatoms. The Labute approximate surface area is 149 Å². The first-order chi connectivity index (χ1) is 12.2. The van der Waals surface area contributed by atoms with E-state index in [1.165, 1.54) is 11.1 Å². The Morgan fingerprint density at radius 3 is 2.32 bits per heavy atom. The number of hydrogen-bond donors (Lipinski definition) is 0. The molecule has 2 aromatic rings. The van der Waals surface area contributed by atoms with E-state index < -0.39 is 0 Å². The summed E-state index contributed by atoms with van der Waals surface area (Å²) < 4.78 is 5.01. The number of carbonyl (C=O) groups excluding carboxylic acids is 1. The Bertz CT molecular complexity index is 821. The van der Waals surface area contributed by atoms with Gasteiger partial charge in [-0.3, -0.25) is 0 Å². The fourth-order valence-electron chi connectivity index (χ4n) is 2.90. The van der Waals surface area contributed by atoms with Gasteiger partial charge in [0.15, 0.2) is 0 Å². The van der Waals surface area contributed by atoms with Crippen LogP contribution in [0.2, 0.25) is 0 Å². The molecule has 0 heterocycles. The zero-order valence-corrected chi connectivity index (χ0v) is 14.5. The van der Waals surface area contributed by atoms with Crippen LogP contribution >= 0.6 is 0 Å². The molecule has 0 radical (unpaired) electrons. The largest absolute Gasteiger partial charge is 0.462 e. The SMILES string of the molecule is C=C(Cc1ccc(C(=O)OCC)cc1)c1ccc(C2=CC=CC2)cc1. The predicted octanol–water partition coefficient (Wildman–Crippen LogP) is 5.46. The first-order valence-corrected chi connectivity index (χ1v) is 8.57. The lowest BCUT2D eigenvalue weighted by molar-refractivity contribution is 0.0526. The van der Waals surface area contributed by atoms with Gasteiger partial charge in [-0.25, -0.2) is 4.79 Å². The van der Waals surface area contributed by atoms with E-state index in [4.69, 9.17) is 4.74 Å². The van der Waals surface area contributed by atoms with Crippen LogP contribution in [0.1, 0.15) is 40.4 Å². The monoisotopic (exact) mass is 330 g/mol. The van der Waals surface area contributed by atoms with Crippen LogP contribution in [0.15, 0.2) is 73.3 Å². The molecule has 2 aromatic carbocycles. The van der Waals surface area contributed by atoms with Crippen molar-refractivity contribution in [2.45, 2.75) is 19.8 Å². The van der Waals surface area contributed by atoms with Crippen molar-refractivity contribution in [2.75, 3.05) is 6.61 Å². The van der Waals surface area contributed by atoms with Crippen molar-refractivity contribution >= 4 is 17.1 Å². The molecule has 0 bridgehead atoms. The highest BCUT2D eigenvalue weighted by Gasteiger charge is 2.08. The minimum atomic E-state index is -0.279. The molecule has 0 N–H and O–H groups in total. The van der Waals surface area contributed by atoms with Crippen LogP contribution in [0.25, 0.3) is 11.1 Å². The summed E-state index contributed by atoms with van der Waals surface area (Å²) in [4.78, 5) is 11.7. The van der Waals surface area contributed by atoms with Crippen molar-refractivity contribution in [3.8, 4) is 0 Å². The van der Waals surface area contributed by atoms with E-state index in [9.17, 15) is 4.79 Å². The van der Waals surface area contributed by atoms with Crippen LogP contribution in [-0.4, -0.2) is 12.6 Å². The van der Waals surface area contributed by atoms with Crippen molar-refractivity contribution in [3.63, 3.8) is 0 Å². The van der Waals surface area contributed by atoms with Crippen molar-refractivity contribution < 1.29 is 9.53 Å². The first-order valence-electron chi connectivity index (χ1n) is 8.57. The van der Waals surface area contributed by atoms with E-state index in [2.05, 4.69) is 49.1 Å². The van der Waals surface area contributed by atoms with Gasteiger partial charge in [-0.1, -0.05) is 61.2 Å². The van der Waals surface area contributed by atoms with E-state index in [1.54, 1.807) is 6.92 Å². The molecule has 0 unspecified atom stereocenters. The molecule has 0 fully saturated rings.